The first-order valence-electron chi connectivity index (χ1n) is 8.83. The number of hydrogen-bond donors (Lipinski definition) is 1. The number of aromatic nitrogens is 2. The number of allylic oxidation sites excluding steroid dienone is 2. The van der Waals surface area contributed by atoms with E-state index >= 15 is 0 Å². The number of nitrogens with zero attached hydrogens (tertiary/aromatic N) is 2. The van der Waals surface area contributed by atoms with Crippen molar-refractivity contribution in [2.75, 3.05) is 6.54 Å². The van der Waals surface area contributed by atoms with Crippen molar-refractivity contribution in [2.24, 2.45) is 5.92 Å². The molecule has 136 valence electrons. The zero-order valence-corrected chi connectivity index (χ0v) is 14.0. The first-order valence-corrected chi connectivity index (χ1v) is 8.83. The van der Waals surface area contributed by atoms with Crippen LogP contribution >= 0.6 is 0 Å². The Morgan fingerprint density at radius 2 is 2.00 bits per heavy atom. The van der Waals surface area contributed by atoms with Crippen molar-refractivity contribution >= 4 is 5.91 Å². The molecule has 0 saturated carbocycles. The van der Waals surface area contributed by atoms with Crippen molar-refractivity contribution in [1.82, 2.24) is 15.3 Å². The molecule has 0 aromatic carbocycles. The van der Waals surface area contributed by atoms with Crippen LogP contribution in [0.15, 0.2) is 12.2 Å². The van der Waals surface area contributed by atoms with Gasteiger partial charge in [0, 0.05) is 30.1 Å². The number of halogens is 3. The van der Waals surface area contributed by atoms with E-state index in [1.54, 1.807) is 0 Å². The summed E-state index contributed by atoms with van der Waals surface area (Å²) in [5, 5.41) is 2.81. The number of carbonyl (C=O) groups excluding carboxylic acids is 1. The maximum atomic E-state index is 13.3. The minimum atomic E-state index is -4.46. The first kappa shape index (κ1) is 17.9. The lowest BCUT2D eigenvalue weighted by molar-refractivity contribution is -0.142. The molecular weight excluding hydrogens is 331 g/mol. The van der Waals surface area contributed by atoms with Gasteiger partial charge < -0.3 is 5.32 Å². The van der Waals surface area contributed by atoms with Gasteiger partial charge in [0.05, 0.1) is 0 Å². The fraction of sp³-hybridized carbons (Fsp3) is 0.611. The number of carbonyl (C=O) groups is 1. The highest BCUT2D eigenvalue weighted by Gasteiger charge is 2.37. The first-order chi connectivity index (χ1) is 11.9. The predicted octanol–water partition coefficient (Wildman–Crippen LogP) is 3.39. The monoisotopic (exact) mass is 353 g/mol. The molecule has 3 rings (SSSR count). The van der Waals surface area contributed by atoms with Gasteiger partial charge in [-0.1, -0.05) is 12.2 Å². The Balaban J connectivity index is 1.66. The third-order valence-electron chi connectivity index (χ3n) is 4.79. The van der Waals surface area contributed by atoms with Crippen molar-refractivity contribution in [2.45, 2.75) is 57.5 Å². The van der Waals surface area contributed by atoms with E-state index in [4.69, 9.17) is 0 Å². The van der Waals surface area contributed by atoms with Gasteiger partial charge in [0.2, 0.25) is 5.91 Å². The Morgan fingerprint density at radius 1 is 1.20 bits per heavy atom. The molecule has 1 heterocycles. The van der Waals surface area contributed by atoms with Gasteiger partial charge in [0.15, 0.2) is 5.69 Å². The topological polar surface area (TPSA) is 54.9 Å². The molecule has 0 spiro atoms. The Bertz CT molecular complexity index is 670. The quantitative estimate of drug-likeness (QED) is 0.844. The molecule has 0 unspecified atom stereocenters. The van der Waals surface area contributed by atoms with E-state index in [9.17, 15) is 18.0 Å². The van der Waals surface area contributed by atoms with Crippen LogP contribution < -0.4 is 5.32 Å². The van der Waals surface area contributed by atoms with Gasteiger partial charge in [-0.2, -0.15) is 13.2 Å². The van der Waals surface area contributed by atoms with Crippen LogP contribution in [0.2, 0.25) is 0 Å². The Morgan fingerprint density at radius 3 is 2.72 bits per heavy atom. The molecule has 1 aromatic rings. The number of alkyl halides is 3. The van der Waals surface area contributed by atoms with Gasteiger partial charge in [0.25, 0.3) is 0 Å². The summed E-state index contributed by atoms with van der Waals surface area (Å²) in [5.74, 6) is 0.0790. The van der Waals surface area contributed by atoms with Crippen molar-refractivity contribution in [3.63, 3.8) is 0 Å². The highest BCUT2D eigenvalue weighted by molar-refractivity contribution is 5.78. The standard InChI is InChI=1S/C18H22F3N3O/c19-18(20,21)16-13-8-4-5-9-14(13)23-15(24-16)10-11-22-17(25)12-6-2-1-3-7-12/h1-2,12H,3-11H2,(H,22,25)/t12-/m1/s1. The lowest BCUT2D eigenvalue weighted by atomic mass is 9.93. The molecule has 0 fully saturated rings. The van der Waals surface area contributed by atoms with Crippen LogP contribution in [0.1, 0.15) is 54.9 Å². The minimum absolute atomic E-state index is 0.0415. The highest BCUT2D eigenvalue weighted by atomic mass is 19.4. The maximum absolute atomic E-state index is 13.3. The van der Waals surface area contributed by atoms with E-state index < -0.39 is 11.9 Å². The van der Waals surface area contributed by atoms with Crippen molar-refractivity contribution < 1.29 is 18.0 Å². The molecule has 4 nitrogen and oxygen atoms in total. The maximum Gasteiger partial charge on any atom is 0.433 e. The number of hydrogen-bond acceptors (Lipinski definition) is 3. The van der Waals surface area contributed by atoms with E-state index in [1.165, 1.54) is 0 Å². The molecule has 25 heavy (non-hydrogen) atoms. The molecule has 1 amide bonds. The average Bonchev–Trinajstić information content (AvgIpc) is 2.61. The van der Waals surface area contributed by atoms with Gasteiger partial charge in [0.1, 0.15) is 5.82 Å². The number of nitrogens with one attached hydrogen (secondary N) is 1. The Kier molecular flexibility index (Phi) is 5.39. The summed E-state index contributed by atoms with van der Waals surface area (Å²) in [4.78, 5) is 20.2. The fourth-order valence-corrected chi connectivity index (χ4v) is 3.47. The van der Waals surface area contributed by atoms with Crippen molar-refractivity contribution in [3.8, 4) is 0 Å². The smallest absolute Gasteiger partial charge is 0.355 e. The molecule has 0 radical (unpaired) electrons. The van der Waals surface area contributed by atoms with E-state index in [1.807, 2.05) is 6.08 Å². The van der Waals surface area contributed by atoms with Gasteiger partial charge >= 0.3 is 6.18 Å². The summed E-state index contributed by atoms with van der Waals surface area (Å²) in [6.45, 7) is 0.259. The third kappa shape index (κ3) is 4.38. The molecule has 2 aliphatic rings. The second kappa shape index (κ2) is 7.54. The number of amides is 1. The second-order valence-electron chi connectivity index (χ2n) is 6.64. The summed E-state index contributed by atoms with van der Waals surface area (Å²) in [6, 6.07) is 0. The molecule has 1 atom stereocenters. The van der Waals surface area contributed by atoms with E-state index in [2.05, 4.69) is 21.4 Å². The van der Waals surface area contributed by atoms with E-state index in [0.29, 0.717) is 18.5 Å². The SMILES string of the molecule is O=C(NCCc1nc2c(c(C(F)(F)F)n1)CCCC2)[C@@H]1CC=CCC1. The van der Waals surface area contributed by atoms with Gasteiger partial charge in [-0.05, 0) is 44.9 Å². The van der Waals surface area contributed by atoms with Crippen LogP contribution in [0.3, 0.4) is 0 Å². The summed E-state index contributed by atoms with van der Waals surface area (Å²) in [5.41, 5.74) is -0.0243. The summed E-state index contributed by atoms with van der Waals surface area (Å²) >= 11 is 0. The normalized spacial score (nSPS) is 20.2. The third-order valence-corrected chi connectivity index (χ3v) is 4.79. The molecular formula is C18H22F3N3O. The lowest BCUT2D eigenvalue weighted by Gasteiger charge is -2.20. The van der Waals surface area contributed by atoms with Crippen LogP contribution in [-0.4, -0.2) is 22.4 Å². The predicted molar refractivity (Wildman–Crippen MR) is 86.9 cm³/mol. The molecule has 7 heteroatoms. The Hall–Kier alpha value is -1.92. The zero-order valence-electron chi connectivity index (χ0n) is 14.0. The van der Waals surface area contributed by atoms with Crippen LogP contribution in [0.25, 0.3) is 0 Å². The molecule has 1 aromatic heterocycles. The summed E-state index contributed by atoms with van der Waals surface area (Å²) in [7, 11) is 0. The van der Waals surface area contributed by atoms with Gasteiger partial charge in [-0.25, -0.2) is 9.97 Å². The number of rotatable bonds is 4. The molecule has 0 bridgehead atoms. The Labute approximate surface area is 144 Å². The molecule has 0 saturated heterocycles. The summed E-state index contributed by atoms with van der Waals surface area (Å²) in [6.07, 6.45) is 4.78. The van der Waals surface area contributed by atoms with Crippen LogP contribution in [-0.2, 0) is 30.2 Å². The second-order valence-corrected chi connectivity index (χ2v) is 6.64. The minimum Gasteiger partial charge on any atom is -0.355 e. The van der Waals surface area contributed by atoms with Crippen LogP contribution in [0.4, 0.5) is 13.2 Å². The number of fused-ring (bicyclic) bond motifs is 1. The molecule has 2 aliphatic carbocycles. The van der Waals surface area contributed by atoms with Crippen LogP contribution in [0.5, 0.6) is 0 Å². The fourth-order valence-electron chi connectivity index (χ4n) is 3.47. The van der Waals surface area contributed by atoms with Crippen molar-refractivity contribution in [1.29, 1.82) is 0 Å². The van der Waals surface area contributed by atoms with E-state index in [0.717, 1.165) is 32.1 Å². The van der Waals surface area contributed by atoms with Crippen molar-refractivity contribution in [3.05, 3.63) is 34.9 Å². The number of aryl methyl sites for hydroxylation is 1. The van der Waals surface area contributed by atoms with E-state index in [-0.39, 0.29) is 36.2 Å². The summed E-state index contributed by atoms with van der Waals surface area (Å²) < 4.78 is 39.8. The largest absolute Gasteiger partial charge is 0.433 e. The molecule has 0 aliphatic heterocycles. The average molecular weight is 353 g/mol. The van der Waals surface area contributed by atoms with Gasteiger partial charge in [-0.15, -0.1) is 0 Å². The van der Waals surface area contributed by atoms with Crippen LogP contribution in [0, 0.1) is 5.92 Å². The van der Waals surface area contributed by atoms with Gasteiger partial charge in [-0.3, -0.25) is 4.79 Å². The highest BCUT2D eigenvalue weighted by Crippen LogP contribution is 2.34. The zero-order chi connectivity index (χ0) is 17.9. The molecule has 1 N–H and O–H groups in total. The lowest BCUT2D eigenvalue weighted by Crippen LogP contribution is -2.33.